The summed E-state index contributed by atoms with van der Waals surface area (Å²) in [6.45, 7) is 4.00. The van der Waals surface area contributed by atoms with Gasteiger partial charge in [0.2, 0.25) is 0 Å². The van der Waals surface area contributed by atoms with Crippen LogP contribution in [0.4, 0.5) is 0 Å². The van der Waals surface area contributed by atoms with Gasteiger partial charge in [-0.25, -0.2) is 0 Å². The maximum atomic E-state index is 9.44. The molecule has 0 amide bonds. The van der Waals surface area contributed by atoms with Crippen molar-refractivity contribution in [3.05, 3.63) is 34.9 Å². The number of rotatable bonds is 2. The average Bonchev–Trinajstić information content (AvgIpc) is 2.83. The zero-order valence-electron chi connectivity index (χ0n) is 9.41. The predicted molar refractivity (Wildman–Crippen MR) is 65.2 cm³/mol. The van der Waals surface area contributed by atoms with Gasteiger partial charge in [0.15, 0.2) is 0 Å². The van der Waals surface area contributed by atoms with Gasteiger partial charge in [-0.3, -0.25) is 4.90 Å². The summed E-state index contributed by atoms with van der Waals surface area (Å²) in [5, 5.41) is 10.2. The molecule has 0 bridgehead atoms. The Balaban J connectivity index is 2.34. The molecule has 0 radical (unpaired) electrons. The SMILES string of the molecule is CC(C#N)(c1ccc(Cl)cc1)N1CCCC1. The van der Waals surface area contributed by atoms with Gasteiger partial charge in [-0.2, -0.15) is 5.26 Å². The molecule has 1 aromatic carbocycles. The minimum Gasteiger partial charge on any atom is -0.282 e. The molecule has 1 aliphatic heterocycles. The van der Waals surface area contributed by atoms with Crippen molar-refractivity contribution in [2.24, 2.45) is 0 Å². The second-order valence-corrected chi connectivity index (χ2v) is 4.82. The third-order valence-corrected chi connectivity index (χ3v) is 3.61. The minimum absolute atomic E-state index is 0.513. The van der Waals surface area contributed by atoms with Crippen LogP contribution in [0.15, 0.2) is 24.3 Å². The maximum absolute atomic E-state index is 9.44. The van der Waals surface area contributed by atoms with Crippen LogP contribution in [-0.2, 0) is 5.54 Å². The van der Waals surface area contributed by atoms with Gasteiger partial charge in [0.25, 0.3) is 0 Å². The highest BCUT2D eigenvalue weighted by Crippen LogP contribution is 2.31. The van der Waals surface area contributed by atoms with Crippen LogP contribution < -0.4 is 0 Å². The van der Waals surface area contributed by atoms with Crippen molar-refractivity contribution >= 4 is 11.6 Å². The van der Waals surface area contributed by atoms with Gasteiger partial charge in [-0.15, -0.1) is 0 Å². The summed E-state index contributed by atoms with van der Waals surface area (Å²) >= 11 is 5.87. The van der Waals surface area contributed by atoms with Gasteiger partial charge in [0, 0.05) is 5.02 Å². The Morgan fingerprint density at radius 3 is 2.31 bits per heavy atom. The molecule has 0 N–H and O–H groups in total. The summed E-state index contributed by atoms with van der Waals surface area (Å²) in [6, 6.07) is 10.0. The van der Waals surface area contributed by atoms with Crippen LogP contribution in [0.5, 0.6) is 0 Å². The van der Waals surface area contributed by atoms with Gasteiger partial charge in [0.1, 0.15) is 5.54 Å². The summed E-state index contributed by atoms with van der Waals surface area (Å²) < 4.78 is 0. The summed E-state index contributed by atoms with van der Waals surface area (Å²) in [5.41, 5.74) is 0.516. The third-order valence-electron chi connectivity index (χ3n) is 3.36. The molecule has 1 saturated heterocycles. The standard InChI is InChI=1S/C13H15ClN2/c1-13(10-15,16-8-2-3-9-16)11-4-6-12(14)7-5-11/h4-7H,2-3,8-9H2,1H3. The first-order valence-corrected chi connectivity index (χ1v) is 5.97. The van der Waals surface area contributed by atoms with Crippen molar-refractivity contribution in [2.75, 3.05) is 13.1 Å². The van der Waals surface area contributed by atoms with Gasteiger partial charge in [0.05, 0.1) is 6.07 Å². The number of nitrogens with zero attached hydrogens (tertiary/aromatic N) is 2. The summed E-state index contributed by atoms with van der Waals surface area (Å²) in [7, 11) is 0. The molecule has 0 aliphatic carbocycles. The molecule has 84 valence electrons. The van der Waals surface area contributed by atoms with E-state index in [9.17, 15) is 5.26 Å². The molecular formula is C13H15ClN2. The first-order valence-electron chi connectivity index (χ1n) is 5.59. The fourth-order valence-corrected chi connectivity index (χ4v) is 2.38. The van der Waals surface area contributed by atoms with Crippen molar-refractivity contribution in [3.8, 4) is 6.07 Å². The lowest BCUT2D eigenvalue weighted by Crippen LogP contribution is -2.40. The molecule has 1 aromatic rings. The van der Waals surface area contributed by atoms with E-state index in [-0.39, 0.29) is 0 Å². The topological polar surface area (TPSA) is 27.0 Å². The molecule has 0 spiro atoms. The Hall–Kier alpha value is -1.04. The highest BCUT2D eigenvalue weighted by Gasteiger charge is 2.35. The highest BCUT2D eigenvalue weighted by molar-refractivity contribution is 6.30. The molecule has 16 heavy (non-hydrogen) atoms. The Labute approximate surface area is 101 Å². The van der Waals surface area contributed by atoms with Crippen LogP contribution in [-0.4, -0.2) is 18.0 Å². The van der Waals surface area contributed by atoms with E-state index in [4.69, 9.17) is 11.6 Å². The maximum Gasteiger partial charge on any atom is 0.131 e. The van der Waals surface area contributed by atoms with E-state index < -0.39 is 5.54 Å². The quantitative estimate of drug-likeness (QED) is 0.786. The summed E-state index contributed by atoms with van der Waals surface area (Å²) in [6.07, 6.45) is 2.37. The molecule has 0 saturated carbocycles. The van der Waals surface area contributed by atoms with Crippen LogP contribution in [0.3, 0.4) is 0 Å². The van der Waals surface area contributed by atoms with E-state index in [1.165, 1.54) is 12.8 Å². The van der Waals surface area contributed by atoms with Crippen LogP contribution in [0.1, 0.15) is 25.3 Å². The minimum atomic E-state index is -0.513. The lowest BCUT2D eigenvalue weighted by molar-refractivity contribution is 0.193. The van der Waals surface area contributed by atoms with Crippen molar-refractivity contribution in [1.29, 1.82) is 5.26 Å². The monoisotopic (exact) mass is 234 g/mol. The van der Waals surface area contributed by atoms with E-state index in [2.05, 4.69) is 11.0 Å². The second kappa shape index (κ2) is 4.45. The normalized spacial score (nSPS) is 20.3. The third kappa shape index (κ3) is 1.93. The van der Waals surface area contributed by atoms with Crippen LogP contribution in [0, 0.1) is 11.3 Å². The van der Waals surface area contributed by atoms with E-state index in [0.717, 1.165) is 18.7 Å². The Bertz CT molecular complexity index is 401. The lowest BCUT2D eigenvalue weighted by Gasteiger charge is -2.32. The first-order chi connectivity index (χ1) is 7.66. The zero-order chi connectivity index (χ0) is 11.6. The number of benzene rings is 1. The van der Waals surface area contributed by atoms with E-state index in [1.54, 1.807) is 0 Å². The van der Waals surface area contributed by atoms with Crippen molar-refractivity contribution < 1.29 is 0 Å². The molecule has 3 heteroatoms. The van der Waals surface area contributed by atoms with Crippen molar-refractivity contribution in [3.63, 3.8) is 0 Å². The van der Waals surface area contributed by atoms with Crippen LogP contribution >= 0.6 is 11.6 Å². The number of likely N-dealkylation sites (tertiary alicyclic amines) is 1. The van der Waals surface area contributed by atoms with Crippen molar-refractivity contribution in [1.82, 2.24) is 4.90 Å². The fraction of sp³-hybridized carbons (Fsp3) is 0.462. The van der Waals surface area contributed by atoms with Crippen molar-refractivity contribution in [2.45, 2.75) is 25.3 Å². The Kier molecular flexibility index (Phi) is 3.18. The second-order valence-electron chi connectivity index (χ2n) is 4.39. The molecule has 1 aliphatic rings. The molecule has 1 fully saturated rings. The molecule has 1 heterocycles. The summed E-state index contributed by atoms with van der Waals surface area (Å²) in [4.78, 5) is 2.25. The summed E-state index contributed by atoms with van der Waals surface area (Å²) in [5.74, 6) is 0. The average molecular weight is 235 g/mol. The largest absolute Gasteiger partial charge is 0.282 e. The molecule has 2 rings (SSSR count). The van der Waals surface area contributed by atoms with Gasteiger partial charge >= 0.3 is 0 Å². The van der Waals surface area contributed by atoms with E-state index >= 15 is 0 Å². The zero-order valence-corrected chi connectivity index (χ0v) is 10.2. The first kappa shape index (κ1) is 11.4. The molecular weight excluding hydrogens is 220 g/mol. The predicted octanol–water partition coefficient (Wildman–Crippen LogP) is 3.17. The van der Waals surface area contributed by atoms with Crippen LogP contribution in [0.25, 0.3) is 0 Å². The van der Waals surface area contributed by atoms with E-state index in [0.29, 0.717) is 5.02 Å². The number of nitriles is 1. The lowest BCUT2D eigenvalue weighted by atomic mass is 9.92. The van der Waals surface area contributed by atoms with E-state index in [1.807, 2.05) is 31.2 Å². The number of halogens is 1. The molecule has 1 unspecified atom stereocenters. The molecule has 1 atom stereocenters. The number of hydrogen-bond acceptors (Lipinski definition) is 2. The number of hydrogen-bond donors (Lipinski definition) is 0. The van der Waals surface area contributed by atoms with Gasteiger partial charge < -0.3 is 0 Å². The Morgan fingerprint density at radius 2 is 1.81 bits per heavy atom. The Morgan fingerprint density at radius 1 is 1.25 bits per heavy atom. The van der Waals surface area contributed by atoms with Gasteiger partial charge in [-0.05, 0) is 50.6 Å². The van der Waals surface area contributed by atoms with Crippen LogP contribution in [0.2, 0.25) is 5.02 Å². The highest BCUT2D eigenvalue weighted by atomic mass is 35.5. The smallest absolute Gasteiger partial charge is 0.131 e. The molecule has 2 nitrogen and oxygen atoms in total. The fourth-order valence-electron chi connectivity index (χ4n) is 2.26. The molecule has 0 aromatic heterocycles. The van der Waals surface area contributed by atoms with Gasteiger partial charge in [-0.1, -0.05) is 23.7 Å².